The molecule has 0 aliphatic rings. The van der Waals surface area contributed by atoms with Gasteiger partial charge in [-0.1, -0.05) is 40.9 Å². The summed E-state index contributed by atoms with van der Waals surface area (Å²) in [5.41, 5.74) is 3.88. The molecule has 0 heterocycles. The maximum absolute atomic E-state index is 12.0. The molecule has 0 unspecified atom stereocenters. The quantitative estimate of drug-likeness (QED) is 0.442. The van der Waals surface area contributed by atoms with E-state index in [1.807, 2.05) is 12.3 Å². The lowest BCUT2D eigenvalue weighted by Gasteiger charge is -2.07. The van der Waals surface area contributed by atoms with Crippen molar-refractivity contribution < 1.29 is 4.79 Å². The Balaban J connectivity index is 2.03. The van der Waals surface area contributed by atoms with Crippen molar-refractivity contribution in [2.24, 2.45) is 5.10 Å². The summed E-state index contributed by atoms with van der Waals surface area (Å²) >= 11 is 19.6. The van der Waals surface area contributed by atoms with Crippen LogP contribution in [0.15, 0.2) is 46.4 Å². The second-order valence-corrected chi connectivity index (χ2v) is 6.66. The van der Waals surface area contributed by atoms with Gasteiger partial charge in [0, 0.05) is 15.5 Å². The van der Waals surface area contributed by atoms with Gasteiger partial charge in [0.1, 0.15) is 0 Å². The van der Waals surface area contributed by atoms with Crippen molar-refractivity contribution in [3.8, 4) is 0 Å². The molecule has 3 nitrogen and oxygen atoms in total. The lowest BCUT2D eigenvalue weighted by molar-refractivity contribution is -0.120. The van der Waals surface area contributed by atoms with Crippen molar-refractivity contribution in [3.05, 3.63) is 62.6 Å². The molecular weight excluding hydrogens is 375 g/mol. The zero-order valence-corrected chi connectivity index (χ0v) is 15.2. The van der Waals surface area contributed by atoms with Gasteiger partial charge in [-0.2, -0.15) is 5.10 Å². The highest BCUT2D eigenvalue weighted by molar-refractivity contribution is 7.98. The summed E-state index contributed by atoms with van der Waals surface area (Å²) in [5.74, 6) is -0.248. The van der Waals surface area contributed by atoms with Gasteiger partial charge in [0.05, 0.1) is 22.7 Å². The first-order valence-electron chi connectivity index (χ1n) is 6.59. The topological polar surface area (TPSA) is 41.5 Å². The molecule has 0 atom stereocenters. The Labute approximate surface area is 154 Å². The molecule has 0 saturated carbocycles. The largest absolute Gasteiger partial charge is 0.273 e. The number of hydrogen-bond donors (Lipinski definition) is 1. The van der Waals surface area contributed by atoms with Crippen LogP contribution in [0.1, 0.15) is 11.1 Å². The van der Waals surface area contributed by atoms with Crippen molar-refractivity contribution in [2.75, 3.05) is 6.26 Å². The number of benzene rings is 2. The highest BCUT2D eigenvalue weighted by Gasteiger charge is 2.08. The number of nitrogens with one attached hydrogen (secondary N) is 1. The fourth-order valence-corrected chi connectivity index (χ4v) is 3.19. The van der Waals surface area contributed by atoms with Crippen molar-refractivity contribution >= 4 is 58.7 Å². The summed E-state index contributed by atoms with van der Waals surface area (Å²) in [6, 6.07) is 10.6. The monoisotopic (exact) mass is 386 g/mol. The highest BCUT2D eigenvalue weighted by Crippen LogP contribution is 2.24. The van der Waals surface area contributed by atoms with E-state index in [1.165, 1.54) is 6.21 Å². The van der Waals surface area contributed by atoms with Gasteiger partial charge in [-0.3, -0.25) is 4.79 Å². The van der Waals surface area contributed by atoms with Crippen LogP contribution >= 0.6 is 46.6 Å². The van der Waals surface area contributed by atoms with Crippen LogP contribution in [0.3, 0.4) is 0 Å². The van der Waals surface area contributed by atoms with Gasteiger partial charge in [0.2, 0.25) is 5.91 Å². The standard InChI is InChI=1S/C16H13Cl3N2OS/c1-23-15-6-5-11(17)7-10(15)8-16(22)21-20-9-12-13(18)3-2-4-14(12)19/h2-7,9H,8H2,1H3,(H,21,22)/b20-9-. The SMILES string of the molecule is CSc1ccc(Cl)cc1CC(=O)N/N=C\c1c(Cl)cccc1Cl. The van der Waals surface area contributed by atoms with Gasteiger partial charge in [-0.05, 0) is 42.2 Å². The first kappa shape index (κ1) is 18.1. The second kappa shape index (κ2) is 8.60. The van der Waals surface area contributed by atoms with E-state index in [0.29, 0.717) is 20.6 Å². The van der Waals surface area contributed by atoms with Gasteiger partial charge in [-0.25, -0.2) is 5.43 Å². The van der Waals surface area contributed by atoms with Crippen LogP contribution in [-0.2, 0) is 11.2 Å². The fraction of sp³-hybridized carbons (Fsp3) is 0.125. The molecule has 2 rings (SSSR count). The van der Waals surface area contributed by atoms with Crippen LogP contribution in [-0.4, -0.2) is 18.4 Å². The maximum atomic E-state index is 12.0. The molecule has 2 aromatic rings. The van der Waals surface area contributed by atoms with Crippen molar-refractivity contribution in [2.45, 2.75) is 11.3 Å². The van der Waals surface area contributed by atoms with E-state index in [0.717, 1.165) is 10.5 Å². The molecule has 120 valence electrons. The van der Waals surface area contributed by atoms with Gasteiger partial charge in [0.15, 0.2) is 0 Å². The minimum atomic E-state index is -0.248. The molecule has 0 radical (unpaired) electrons. The van der Waals surface area contributed by atoms with E-state index in [1.54, 1.807) is 42.1 Å². The molecule has 0 aliphatic heterocycles. The Morgan fingerprint density at radius 2 is 1.91 bits per heavy atom. The normalized spacial score (nSPS) is 11.0. The van der Waals surface area contributed by atoms with Gasteiger partial charge >= 0.3 is 0 Å². The van der Waals surface area contributed by atoms with Crippen molar-refractivity contribution in [3.63, 3.8) is 0 Å². The molecule has 1 amide bonds. The number of hydrazone groups is 1. The molecule has 0 aliphatic carbocycles. The Bertz CT molecular complexity index is 730. The van der Waals surface area contributed by atoms with Crippen LogP contribution in [0.4, 0.5) is 0 Å². The molecule has 23 heavy (non-hydrogen) atoms. The smallest absolute Gasteiger partial charge is 0.244 e. The van der Waals surface area contributed by atoms with E-state index in [9.17, 15) is 4.79 Å². The zero-order chi connectivity index (χ0) is 16.8. The molecule has 2 aromatic carbocycles. The second-order valence-electron chi connectivity index (χ2n) is 4.56. The summed E-state index contributed by atoms with van der Waals surface area (Å²) in [4.78, 5) is 13.0. The Morgan fingerprint density at radius 1 is 1.22 bits per heavy atom. The number of thioether (sulfide) groups is 1. The maximum Gasteiger partial charge on any atom is 0.244 e. The molecule has 0 aromatic heterocycles. The number of halogens is 3. The van der Waals surface area contributed by atoms with Crippen LogP contribution in [0.25, 0.3) is 0 Å². The molecule has 0 saturated heterocycles. The lowest BCUT2D eigenvalue weighted by atomic mass is 10.1. The average Bonchev–Trinajstić information content (AvgIpc) is 2.50. The van der Waals surface area contributed by atoms with Crippen LogP contribution in [0, 0.1) is 0 Å². The minimum absolute atomic E-state index is 0.185. The van der Waals surface area contributed by atoms with Crippen LogP contribution < -0.4 is 5.43 Å². The van der Waals surface area contributed by atoms with Crippen LogP contribution in [0.2, 0.25) is 15.1 Å². The summed E-state index contributed by atoms with van der Waals surface area (Å²) in [6.07, 6.45) is 3.56. The lowest BCUT2D eigenvalue weighted by Crippen LogP contribution is -2.20. The summed E-state index contributed by atoms with van der Waals surface area (Å²) in [6.45, 7) is 0. The number of carbonyl (C=O) groups is 1. The average molecular weight is 388 g/mol. The Morgan fingerprint density at radius 3 is 2.57 bits per heavy atom. The predicted molar refractivity (Wildman–Crippen MR) is 99.1 cm³/mol. The molecule has 0 fully saturated rings. The third-order valence-electron chi connectivity index (χ3n) is 2.98. The van der Waals surface area contributed by atoms with E-state index >= 15 is 0 Å². The highest BCUT2D eigenvalue weighted by atomic mass is 35.5. The third-order valence-corrected chi connectivity index (χ3v) is 4.71. The van der Waals surface area contributed by atoms with Gasteiger partial charge < -0.3 is 0 Å². The van der Waals surface area contributed by atoms with Gasteiger partial charge in [-0.15, -0.1) is 11.8 Å². The van der Waals surface area contributed by atoms with E-state index in [2.05, 4.69) is 10.5 Å². The Hall–Kier alpha value is -1.20. The van der Waals surface area contributed by atoms with Crippen LogP contribution in [0.5, 0.6) is 0 Å². The molecule has 0 spiro atoms. The van der Waals surface area contributed by atoms with Crippen molar-refractivity contribution in [1.82, 2.24) is 5.43 Å². The van der Waals surface area contributed by atoms with Gasteiger partial charge in [0.25, 0.3) is 0 Å². The van der Waals surface area contributed by atoms with E-state index in [-0.39, 0.29) is 12.3 Å². The third kappa shape index (κ3) is 5.15. The molecule has 7 heteroatoms. The first-order chi connectivity index (χ1) is 11.0. The Kier molecular flexibility index (Phi) is 6.78. The van der Waals surface area contributed by atoms with E-state index < -0.39 is 0 Å². The van der Waals surface area contributed by atoms with Crippen molar-refractivity contribution in [1.29, 1.82) is 0 Å². The number of nitrogens with zero attached hydrogens (tertiary/aromatic N) is 1. The number of carbonyl (C=O) groups excluding carboxylic acids is 1. The fourth-order valence-electron chi connectivity index (χ4n) is 1.90. The number of hydrogen-bond acceptors (Lipinski definition) is 3. The summed E-state index contributed by atoms with van der Waals surface area (Å²) in [7, 11) is 0. The molecule has 0 bridgehead atoms. The zero-order valence-electron chi connectivity index (χ0n) is 12.1. The predicted octanol–water partition coefficient (Wildman–Crippen LogP) is 5.06. The summed E-state index contributed by atoms with van der Waals surface area (Å²) in [5, 5.41) is 5.43. The number of rotatable bonds is 5. The molecule has 1 N–H and O–H groups in total. The minimum Gasteiger partial charge on any atom is -0.273 e. The number of amides is 1. The van der Waals surface area contributed by atoms with E-state index in [4.69, 9.17) is 34.8 Å². The summed E-state index contributed by atoms with van der Waals surface area (Å²) < 4.78 is 0. The molecular formula is C16H13Cl3N2OS. The first-order valence-corrected chi connectivity index (χ1v) is 8.95.